The van der Waals surface area contributed by atoms with Crippen molar-refractivity contribution in [1.29, 1.82) is 0 Å². The molecular formula is C15H12ClN3O3S. The number of carbonyl (C=O) groups is 1. The van der Waals surface area contributed by atoms with E-state index in [1.807, 2.05) is 17.5 Å². The van der Waals surface area contributed by atoms with Gasteiger partial charge in [-0.1, -0.05) is 22.8 Å². The zero-order valence-electron chi connectivity index (χ0n) is 12.1. The summed E-state index contributed by atoms with van der Waals surface area (Å²) in [5, 5.41) is 8.89. The van der Waals surface area contributed by atoms with E-state index in [1.54, 1.807) is 18.2 Å². The fourth-order valence-corrected chi connectivity index (χ4v) is 2.81. The van der Waals surface area contributed by atoms with E-state index < -0.39 is 0 Å². The number of aromatic nitrogens is 2. The third-order valence-corrected chi connectivity index (χ3v) is 4.18. The molecule has 0 spiro atoms. The van der Waals surface area contributed by atoms with Crippen molar-refractivity contribution in [3.8, 4) is 16.5 Å². The number of methoxy groups -OCH3 is 1. The van der Waals surface area contributed by atoms with Crippen LogP contribution in [0.15, 0.2) is 40.2 Å². The van der Waals surface area contributed by atoms with Crippen molar-refractivity contribution < 1.29 is 14.1 Å². The van der Waals surface area contributed by atoms with Gasteiger partial charge in [-0.25, -0.2) is 0 Å². The zero-order chi connectivity index (χ0) is 16.2. The molecule has 0 aliphatic rings. The molecule has 0 saturated heterocycles. The van der Waals surface area contributed by atoms with E-state index in [0.717, 1.165) is 4.88 Å². The van der Waals surface area contributed by atoms with Crippen molar-refractivity contribution in [2.45, 2.75) is 6.54 Å². The molecule has 0 aliphatic heterocycles. The lowest BCUT2D eigenvalue weighted by atomic mass is 10.2. The van der Waals surface area contributed by atoms with Gasteiger partial charge in [0.25, 0.3) is 5.91 Å². The number of hydrogen-bond donors (Lipinski definition) is 1. The van der Waals surface area contributed by atoms with Gasteiger partial charge in [0.2, 0.25) is 11.7 Å². The van der Waals surface area contributed by atoms with Crippen LogP contribution in [0, 0.1) is 0 Å². The molecular weight excluding hydrogens is 338 g/mol. The van der Waals surface area contributed by atoms with E-state index in [2.05, 4.69) is 15.5 Å². The molecule has 2 heterocycles. The van der Waals surface area contributed by atoms with Crippen LogP contribution in [0.1, 0.15) is 16.2 Å². The normalized spacial score (nSPS) is 10.5. The Morgan fingerprint density at radius 3 is 3.00 bits per heavy atom. The van der Waals surface area contributed by atoms with E-state index in [4.69, 9.17) is 20.9 Å². The first-order valence-electron chi connectivity index (χ1n) is 6.65. The van der Waals surface area contributed by atoms with E-state index in [-0.39, 0.29) is 12.5 Å². The smallest absolute Gasteiger partial charge is 0.251 e. The largest absolute Gasteiger partial charge is 0.495 e. The van der Waals surface area contributed by atoms with Crippen LogP contribution in [0.4, 0.5) is 0 Å². The number of thiophene rings is 1. The van der Waals surface area contributed by atoms with Gasteiger partial charge in [-0.2, -0.15) is 4.98 Å². The van der Waals surface area contributed by atoms with E-state index in [1.165, 1.54) is 18.4 Å². The van der Waals surface area contributed by atoms with Crippen LogP contribution in [0.25, 0.3) is 10.7 Å². The molecule has 0 radical (unpaired) electrons. The molecule has 0 fully saturated rings. The average Bonchev–Trinajstić information content (AvgIpc) is 3.23. The molecule has 0 unspecified atom stereocenters. The summed E-state index contributed by atoms with van der Waals surface area (Å²) in [6, 6.07) is 8.62. The predicted molar refractivity (Wildman–Crippen MR) is 86.8 cm³/mol. The number of hydrogen-bond acceptors (Lipinski definition) is 6. The van der Waals surface area contributed by atoms with Crippen molar-refractivity contribution in [1.82, 2.24) is 15.5 Å². The van der Waals surface area contributed by atoms with Crippen molar-refractivity contribution in [2.24, 2.45) is 0 Å². The minimum Gasteiger partial charge on any atom is -0.495 e. The molecule has 0 bridgehead atoms. The molecule has 118 valence electrons. The molecule has 8 heteroatoms. The first kappa shape index (κ1) is 15.5. The number of ether oxygens (including phenoxy) is 1. The van der Waals surface area contributed by atoms with E-state index >= 15 is 0 Å². The molecule has 0 saturated carbocycles. The molecule has 0 atom stereocenters. The molecule has 1 amide bonds. The number of halogens is 1. The van der Waals surface area contributed by atoms with Crippen molar-refractivity contribution >= 4 is 28.8 Å². The lowest BCUT2D eigenvalue weighted by molar-refractivity contribution is 0.0946. The molecule has 3 rings (SSSR count). The zero-order valence-corrected chi connectivity index (χ0v) is 13.6. The minimum atomic E-state index is -0.287. The number of benzene rings is 1. The number of rotatable bonds is 5. The van der Waals surface area contributed by atoms with E-state index in [9.17, 15) is 4.79 Å². The molecule has 0 aliphatic carbocycles. The Bertz CT molecular complexity index is 817. The Hall–Kier alpha value is -2.38. The summed E-state index contributed by atoms with van der Waals surface area (Å²) in [6.45, 7) is 0.140. The van der Waals surface area contributed by atoms with Crippen molar-refractivity contribution in [3.63, 3.8) is 0 Å². The molecule has 6 nitrogen and oxygen atoms in total. The summed E-state index contributed by atoms with van der Waals surface area (Å²) in [6.07, 6.45) is 0. The Morgan fingerprint density at radius 1 is 1.43 bits per heavy atom. The summed E-state index contributed by atoms with van der Waals surface area (Å²) in [5.74, 6) is 1.07. The summed E-state index contributed by atoms with van der Waals surface area (Å²) < 4.78 is 10.2. The third-order valence-electron chi connectivity index (χ3n) is 3.02. The maximum absolute atomic E-state index is 12.1. The van der Waals surface area contributed by atoms with Gasteiger partial charge in [-0.15, -0.1) is 11.3 Å². The van der Waals surface area contributed by atoms with Crippen LogP contribution in [-0.2, 0) is 6.54 Å². The number of carbonyl (C=O) groups excluding carboxylic acids is 1. The SMILES string of the molecule is COc1ccc(C(=O)NCc2nc(-c3cccs3)no2)cc1Cl. The second kappa shape index (κ2) is 6.80. The third kappa shape index (κ3) is 3.52. The second-order valence-electron chi connectivity index (χ2n) is 4.52. The maximum atomic E-state index is 12.1. The first-order valence-corrected chi connectivity index (χ1v) is 7.91. The van der Waals surface area contributed by atoms with Crippen LogP contribution in [0.2, 0.25) is 5.02 Å². The number of nitrogens with zero attached hydrogens (tertiary/aromatic N) is 2. The van der Waals surface area contributed by atoms with Gasteiger partial charge in [-0.3, -0.25) is 4.79 Å². The summed E-state index contributed by atoms with van der Waals surface area (Å²) >= 11 is 7.52. The number of amides is 1. The van der Waals surface area contributed by atoms with Gasteiger partial charge in [0, 0.05) is 5.56 Å². The van der Waals surface area contributed by atoms with Crippen LogP contribution in [-0.4, -0.2) is 23.2 Å². The fourth-order valence-electron chi connectivity index (χ4n) is 1.90. The molecule has 23 heavy (non-hydrogen) atoms. The van der Waals surface area contributed by atoms with Gasteiger partial charge >= 0.3 is 0 Å². The highest BCUT2D eigenvalue weighted by Crippen LogP contribution is 2.25. The average molecular weight is 350 g/mol. The highest BCUT2D eigenvalue weighted by Gasteiger charge is 2.12. The lowest BCUT2D eigenvalue weighted by Crippen LogP contribution is -2.22. The Labute approximate surface area is 141 Å². The van der Waals surface area contributed by atoms with Crippen molar-refractivity contribution in [2.75, 3.05) is 7.11 Å². The van der Waals surface area contributed by atoms with Crippen LogP contribution in [0.5, 0.6) is 5.75 Å². The summed E-state index contributed by atoms with van der Waals surface area (Å²) in [4.78, 5) is 17.3. The van der Waals surface area contributed by atoms with Crippen LogP contribution >= 0.6 is 22.9 Å². The van der Waals surface area contributed by atoms with Gasteiger partial charge < -0.3 is 14.6 Å². The Balaban J connectivity index is 1.64. The van der Waals surface area contributed by atoms with Crippen LogP contribution < -0.4 is 10.1 Å². The summed E-state index contributed by atoms with van der Waals surface area (Å²) in [5.41, 5.74) is 0.425. The highest BCUT2D eigenvalue weighted by molar-refractivity contribution is 7.13. The fraction of sp³-hybridized carbons (Fsp3) is 0.133. The van der Waals surface area contributed by atoms with Crippen LogP contribution in [0.3, 0.4) is 0 Å². The molecule has 3 aromatic rings. The van der Waals surface area contributed by atoms with Gasteiger partial charge in [0.1, 0.15) is 5.75 Å². The van der Waals surface area contributed by atoms with Gasteiger partial charge in [-0.05, 0) is 29.6 Å². The van der Waals surface area contributed by atoms with Gasteiger partial charge in [0.05, 0.1) is 23.6 Å². The Kier molecular flexibility index (Phi) is 4.59. The van der Waals surface area contributed by atoms with E-state index in [0.29, 0.717) is 28.1 Å². The van der Waals surface area contributed by atoms with Crippen molar-refractivity contribution in [3.05, 3.63) is 52.2 Å². The topological polar surface area (TPSA) is 77.2 Å². The molecule has 2 aromatic heterocycles. The quantitative estimate of drug-likeness (QED) is 0.764. The molecule has 1 N–H and O–H groups in total. The Morgan fingerprint density at radius 2 is 2.30 bits per heavy atom. The predicted octanol–water partition coefficient (Wildman–Crippen LogP) is 3.39. The lowest BCUT2D eigenvalue weighted by Gasteiger charge is -2.06. The van der Waals surface area contributed by atoms with Gasteiger partial charge in [0.15, 0.2) is 0 Å². The standard InChI is InChI=1S/C15H12ClN3O3S/c1-21-11-5-4-9(7-10(11)16)15(20)17-8-13-18-14(19-22-13)12-3-2-6-23-12/h2-7H,8H2,1H3,(H,17,20). The monoisotopic (exact) mass is 349 g/mol. The molecule has 1 aromatic carbocycles. The minimum absolute atomic E-state index is 0.140. The second-order valence-corrected chi connectivity index (χ2v) is 5.88. The summed E-state index contributed by atoms with van der Waals surface area (Å²) in [7, 11) is 1.52. The first-order chi connectivity index (χ1) is 11.2. The number of nitrogens with one attached hydrogen (secondary N) is 1. The maximum Gasteiger partial charge on any atom is 0.251 e. The highest BCUT2D eigenvalue weighted by atomic mass is 35.5.